The molecule has 22 heavy (non-hydrogen) atoms. The Kier molecular flexibility index (Phi) is 6.92. The predicted octanol–water partition coefficient (Wildman–Crippen LogP) is -0.0980. The lowest BCUT2D eigenvalue weighted by molar-refractivity contribution is 0.140. The minimum absolute atomic E-state index is 0.202. The van der Waals surface area contributed by atoms with Crippen molar-refractivity contribution < 1.29 is 5.11 Å². The van der Waals surface area contributed by atoms with Gasteiger partial charge in [0.05, 0.1) is 6.10 Å². The number of hydrogen-bond donors (Lipinski definition) is 2. The van der Waals surface area contributed by atoms with Gasteiger partial charge in [-0.2, -0.15) is 0 Å². The van der Waals surface area contributed by atoms with Crippen molar-refractivity contribution in [2.45, 2.75) is 26.4 Å². The van der Waals surface area contributed by atoms with E-state index >= 15 is 0 Å². The average Bonchev–Trinajstić information content (AvgIpc) is 2.92. The third kappa shape index (κ3) is 5.41. The summed E-state index contributed by atoms with van der Waals surface area (Å²) in [5, 5.41) is 13.1. The van der Waals surface area contributed by atoms with E-state index in [1.807, 2.05) is 0 Å². The highest BCUT2D eigenvalue weighted by molar-refractivity contribution is 5.80. The van der Waals surface area contributed by atoms with Gasteiger partial charge in [0.25, 0.3) is 0 Å². The number of nitrogens with zero attached hydrogens (tertiary/aromatic N) is 4. The summed E-state index contributed by atoms with van der Waals surface area (Å²) in [6.45, 7) is 13.5. The van der Waals surface area contributed by atoms with E-state index in [1.54, 1.807) is 0 Å². The van der Waals surface area contributed by atoms with E-state index < -0.39 is 0 Å². The zero-order valence-corrected chi connectivity index (χ0v) is 14.5. The summed E-state index contributed by atoms with van der Waals surface area (Å²) in [5.74, 6) is 1.52. The molecule has 2 saturated heterocycles. The van der Waals surface area contributed by atoms with Crippen molar-refractivity contribution in [1.29, 1.82) is 0 Å². The zero-order chi connectivity index (χ0) is 15.9. The molecular formula is C16H33N5O. The maximum absolute atomic E-state index is 9.70. The number of likely N-dealkylation sites (tertiary alicyclic amines) is 1. The van der Waals surface area contributed by atoms with Crippen LogP contribution in [0.3, 0.4) is 0 Å². The first-order chi connectivity index (χ1) is 10.6. The number of piperazine rings is 1. The first-order valence-electron chi connectivity index (χ1n) is 8.70. The molecule has 2 N–H and O–H groups in total. The highest BCUT2D eigenvalue weighted by Crippen LogP contribution is 2.10. The molecule has 0 spiro atoms. The molecule has 2 rings (SSSR count). The minimum atomic E-state index is -0.202. The Balaban J connectivity index is 1.79. The van der Waals surface area contributed by atoms with Crippen molar-refractivity contribution in [2.24, 2.45) is 10.9 Å². The summed E-state index contributed by atoms with van der Waals surface area (Å²) in [6, 6.07) is 0. The summed E-state index contributed by atoms with van der Waals surface area (Å²) in [5.41, 5.74) is 0. The minimum Gasteiger partial charge on any atom is -0.391 e. The average molecular weight is 311 g/mol. The summed E-state index contributed by atoms with van der Waals surface area (Å²) in [4.78, 5) is 11.9. The second kappa shape index (κ2) is 8.70. The Morgan fingerprint density at radius 2 is 2.00 bits per heavy atom. The van der Waals surface area contributed by atoms with Crippen LogP contribution >= 0.6 is 0 Å². The lowest BCUT2D eigenvalue weighted by Crippen LogP contribution is -2.46. The van der Waals surface area contributed by atoms with Gasteiger partial charge in [0.1, 0.15) is 0 Å². The van der Waals surface area contributed by atoms with Crippen LogP contribution in [0.5, 0.6) is 0 Å². The van der Waals surface area contributed by atoms with Gasteiger partial charge < -0.3 is 25.1 Å². The molecule has 2 atom stereocenters. The van der Waals surface area contributed by atoms with E-state index in [-0.39, 0.29) is 6.10 Å². The number of aliphatic imine (C=N–C) groups is 1. The molecule has 2 aliphatic heterocycles. The summed E-state index contributed by atoms with van der Waals surface area (Å²) >= 11 is 0. The lowest BCUT2D eigenvalue weighted by atomic mass is 10.1. The maximum atomic E-state index is 9.70. The van der Waals surface area contributed by atoms with Crippen LogP contribution < -0.4 is 5.32 Å². The van der Waals surface area contributed by atoms with Crippen molar-refractivity contribution in [3.8, 4) is 0 Å². The standard InChI is InChI=1S/C16H33N5O/c1-4-17-16(21-6-5-15(22)13-21)18-11-14(2)12-20-9-7-19(3)8-10-20/h14-15,22H,4-13H2,1-3H3,(H,17,18)/t14?,15-/m1/s1. The molecule has 128 valence electrons. The van der Waals surface area contributed by atoms with E-state index in [2.05, 4.69) is 40.9 Å². The molecule has 0 amide bonds. The van der Waals surface area contributed by atoms with Gasteiger partial charge in [0, 0.05) is 58.9 Å². The molecule has 0 aliphatic carbocycles. The van der Waals surface area contributed by atoms with Crippen LogP contribution in [0.15, 0.2) is 4.99 Å². The van der Waals surface area contributed by atoms with Crippen LogP contribution in [0.1, 0.15) is 20.3 Å². The number of aliphatic hydroxyl groups excluding tert-OH is 1. The van der Waals surface area contributed by atoms with E-state index in [1.165, 1.54) is 26.2 Å². The van der Waals surface area contributed by atoms with Crippen molar-refractivity contribution in [2.75, 3.05) is 66.0 Å². The van der Waals surface area contributed by atoms with Gasteiger partial charge in [-0.15, -0.1) is 0 Å². The fraction of sp³-hybridized carbons (Fsp3) is 0.938. The van der Waals surface area contributed by atoms with Crippen molar-refractivity contribution in [1.82, 2.24) is 20.0 Å². The Hall–Kier alpha value is -0.850. The molecule has 0 aromatic rings. The number of aliphatic hydroxyl groups is 1. The summed E-state index contributed by atoms with van der Waals surface area (Å²) in [6.07, 6.45) is 0.646. The van der Waals surface area contributed by atoms with Crippen LogP contribution in [0, 0.1) is 5.92 Å². The fourth-order valence-electron chi connectivity index (χ4n) is 3.13. The van der Waals surface area contributed by atoms with Gasteiger partial charge in [-0.1, -0.05) is 6.92 Å². The number of hydrogen-bond acceptors (Lipinski definition) is 4. The first kappa shape index (κ1) is 17.5. The Bertz CT molecular complexity index is 354. The Morgan fingerprint density at radius 1 is 1.27 bits per heavy atom. The molecule has 0 radical (unpaired) electrons. The van der Waals surface area contributed by atoms with E-state index in [9.17, 15) is 5.11 Å². The second-order valence-electron chi connectivity index (χ2n) is 6.79. The van der Waals surface area contributed by atoms with Gasteiger partial charge in [0.2, 0.25) is 0 Å². The van der Waals surface area contributed by atoms with Crippen LogP contribution in [0.2, 0.25) is 0 Å². The molecule has 2 heterocycles. The van der Waals surface area contributed by atoms with Crippen molar-refractivity contribution in [3.63, 3.8) is 0 Å². The molecular weight excluding hydrogens is 278 g/mol. The number of guanidine groups is 1. The molecule has 0 saturated carbocycles. The number of likely N-dealkylation sites (N-methyl/N-ethyl adjacent to an activating group) is 1. The molecule has 0 aromatic heterocycles. The molecule has 2 fully saturated rings. The van der Waals surface area contributed by atoms with E-state index in [4.69, 9.17) is 4.99 Å². The highest BCUT2D eigenvalue weighted by Gasteiger charge is 2.23. The second-order valence-corrected chi connectivity index (χ2v) is 6.79. The van der Waals surface area contributed by atoms with Gasteiger partial charge in [0.15, 0.2) is 5.96 Å². The normalized spacial score (nSPS) is 26.5. The van der Waals surface area contributed by atoms with Crippen LogP contribution in [0.4, 0.5) is 0 Å². The third-order valence-electron chi connectivity index (χ3n) is 4.52. The SMILES string of the molecule is CCNC(=NCC(C)CN1CCN(C)CC1)N1CC[C@@H](O)C1. The Labute approximate surface area is 135 Å². The largest absolute Gasteiger partial charge is 0.391 e. The van der Waals surface area contributed by atoms with Gasteiger partial charge in [-0.05, 0) is 26.3 Å². The summed E-state index contributed by atoms with van der Waals surface area (Å²) < 4.78 is 0. The molecule has 2 aliphatic rings. The molecule has 6 heteroatoms. The molecule has 0 bridgehead atoms. The van der Waals surface area contributed by atoms with Crippen LogP contribution in [-0.4, -0.2) is 97.8 Å². The van der Waals surface area contributed by atoms with Gasteiger partial charge in [-0.25, -0.2) is 0 Å². The smallest absolute Gasteiger partial charge is 0.194 e. The predicted molar refractivity (Wildman–Crippen MR) is 91.3 cm³/mol. The maximum Gasteiger partial charge on any atom is 0.194 e. The highest BCUT2D eigenvalue weighted by atomic mass is 16.3. The fourth-order valence-corrected chi connectivity index (χ4v) is 3.13. The molecule has 0 aromatic carbocycles. The summed E-state index contributed by atoms with van der Waals surface area (Å²) in [7, 11) is 2.19. The monoisotopic (exact) mass is 311 g/mol. The number of rotatable bonds is 5. The number of nitrogens with one attached hydrogen (secondary N) is 1. The lowest BCUT2D eigenvalue weighted by Gasteiger charge is -2.33. The molecule has 1 unspecified atom stereocenters. The van der Waals surface area contributed by atoms with Gasteiger partial charge in [-0.3, -0.25) is 4.99 Å². The third-order valence-corrected chi connectivity index (χ3v) is 4.52. The van der Waals surface area contributed by atoms with Crippen molar-refractivity contribution in [3.05, 3.63) is 0 Å². The van der Waals surface area contributed by atoms with E-state index in [0.717, 1.165) is 38.6 Å². The van der Waals surface area contributed by atoms with Gasteiger partial charge >= 0.3 is 0 Å². The van der Waals surface area contributed by atoms with Crippen LogP contribution in [0.25, 0.3) is 0 Å². The quantitative estimate of drug-likeness (QED) is 0.549. The molecule has 6 nitrogen and oxygen atoms in total. The number of β-amino-alcohol motifs (C(OH)–C–C–N with tert-alkyl or cyclic N) is 1. The zero-order valence-electron chi connectivity index (χ0n) is 14.5. The van der Waals surface area contributed by atoms with Crippen LogP contribution in [-0.2, 0) is 0 Å². The first-order valence-corrected chi connectivity index (χ1v) is 8.70. The van der Waals surface area contributed by atoms with Crippen molar-refractivity contribution >= 4 is 5.96 Å². The topological polar surface area (TPSA) is 54.3 Å². The van der Waals surface area contributed by atoms with E-state index in [0.29, 0.717) is 12.5 Å². The Morgan fingerprint density at radius 3 is 2.59 bits per heavy atom.